The molecule has 1 aliphatic heterocycles. The van der Waals surface area contributed by atoms with Crippen LogP contribution in [0.25, 0.3) is 11.5 Å². The van der Waals surface area contributed by atoms with E-state index in [0.29, 0.717) is 23.1 Å². The zero-order chi connectivity index (χ0) is 20.4. The first kappa shape index (κ1) is 18.4. The molecule has 3 aromatic rings. The summed E-state index contributed by atoms with van der Waals surface area (Å²) in [5, 5.41) is 22.2. The van der Waals surface area contributed by atoms with Crippen molar-refractivity contribution >= 4 is 22.8 Å². The summed E-state index contributed by atoms with van der Waals surface area (Å²) >= 11 is 0. The van der Waals surface area contributed by atoms with Gasteiger partial charge in [0, 0.05) is 31.2 Å². The second kappa shape index (κ2) is 7.59. The maximum atomic E-state index is 9.56. The lowest BCUT2D eigenvalue weighted by Crippen LogP contribution is -2.21. The highest BCUT2D eigenvalue weighted by atomic mass is 15.5. The van der Waals surface area contributed by atoms with Crippen LogP contribution in [0.3, 0.4) is 0 Å². The van der Waals surface area contributed by atoms with Crippen LogP contribution in [0.5, 0.6) is 0 Å². The lowest BCUT2D eigenvalue weighted by Gasteiger charge is -2.21. The van der Waals surface area contributed by atoms with Crippen molar-refractivity contribution in [2.45, 2.75) is 20.8 Å². The van der Waals surface area contributed by atoms with E-state index in [0.717, 1.165) is 30.0 Å². The molecule has 1 aromatic carbocycles. The van der Waals surface area contributed by atoms with E-state index < -0.39 is 0 Å². The zero-order valence-electron chi connectivity index (χ0n) is 16.4. The van der Waals surface area contributed by atoms with Crippen molar-refractivity contribution < 1.29 is 0 Å². The minimum atomic E-state index is 0.187. The minimum absolute atomic E-state index is 0.187. The van der Waals surface area contributed by atoms with Crippen LogP contribution in [-0.2, 0) is 0 Å². The largest absolute Gasteiger partial charge is 0.372 e. The van der Waals surface area contributed by atoms with E-state index in [9.17, 15) is 5.26 Å². The Balaban J connectivity index is 1.76. The number of hydrogen-bond acceptors (Lipinski definition) is 8. The monoisotopic (exact) mass is 385 g/mol. The number of benzene rings is 1. The molecule has 9 nitrogen and oxygen atoms in total. The Morgan fingerprint density at radius 3 is 2.59 bits per heavy atom. The molecule has 144 valence electrons. The Kier molecular flexibility index (Phi) is 4.83. The number of nitrogens with zero attached hydrogens (tertiary/aromatic N) is 9. The molecular weight excluding hydrogens is 366 g/mol. The van der Waals surface area contributed by atoms with Gasteiger partial charge in [0.2, 0.25) is 11.6 Å². The number of aromatic nitrogens is 5. The third kappa shape index (κ3) is 3.25. The predicted molar refractivity (Wildman–Crippen MR) is 110 cm³/mol. The SMILES string of the molecule is CCN(CC)c1ccc(/N=C2/C(C#N)=Nn3c2nnc3-c2cnccn2)c(C)c1. The molecule has 0 unspecified atom stereocenters. The summed E-state index contributed by atoms with van der Waals surface area (Å²) < 4.78 is 1.49. The molecular formula is C20H19N9. The van der Waals surface area contributed by atoms with Crippen LogP contribution in [-0.4, -0.2) is 49.4 Å². The van der Waals surface area contributed by atoms with Gasteiger partial charge in [0.1, 0.15) is 17.5 Å². The molecule has 0 radical (unpaired) electrons. The van der Waals surface area contributed by atoms with E-state index in [1.165, 1.54) is 4.68 Å². The van der Waals surface area contributed by atoms with E-state index in [1.807, 2.05) is 19.1 Å². The number of nitriles is 1. The highest BCUT2D eigenvalue weighted by Gasteiger charge is 2.29. The lowest BCUT2D eigenvalue weighted by atomic mass is 10.1. The van der Waals surface area contributed by atoms with Gasteiger partial charge >= 0.3 is 0 Å². The normalized spacial score (nSPS) is 13.9. The molecule has 0 bridgehead atoms. The standard InChI is InChI=1S/C20H19N9/c1-4-28(5-2)14-6-7-15(13(3)10-14)24-18-16(11-21)27-29-19(25-26-20(18)29)17-12-22-8-9-23-17/h6-10,12H,4-5H2,1-3H3/b24-18-. The maximum Gasteiger partial charge on any atom is 0.206 e. The summed E-state index contributed by atoms with van der Waals surface area (Å²) in [5.41, 5.74) is 4.02. The van der Waals surface area contributed by atoms with Crippen molar-refractivity contribution in [2.24, 2.45) is 10.1 Å². The molecule has 9 heteroatoms. The Morgan fingerprint density at radius 2 is 1.93 bits per heavy atom. The van der Waals surface area contributed by atoms with E-state index >= 15 is 0 Å². The fourth-order valence-electron chi connectivity index (χ4n) is 3.20. The van der Waals surface area contributed by atoms with E-state index in [1.54, 1.807) is 18.6 Å². The smallest absolute Gasteiger partial charge is 0.206 e. The fraction of sp³-hybridized carbons (Fsp3) is 0.250. The van der Waals surface area contributed by atoms with Crippen molar-refractivity contribution in [2.75, 3.05) is 18.0 Å². The molecule has 3 heterocycles. The molecule has 29 heavy (non-hydrogen) atoms. The van der Waals surface area contributed by atoms with Gasteiger partial charge in [-0.2, -0.15) is 15.0 Å². The number of aryl methyl sites for hydroxylation is 1. The fourth-order valence-corrected chi connectivity index (χ4v) is 3.20. The van der Waals surface area contributed by atoms with Gasteiger partial charge in [-0.3, -0.25) is 4.98 Å². The van der Waals surface area contributed by atoms with E-state index in [-0.39, 0.29) is 5.71 Å². The van der Waals surface area contributed by atoms with Gasteiger partial charge < -0.3 is 4.90 Å². The highest BCUT2D eigenvalue weighted by Crippen LogP contribution is 2.27. The number of hydrogen-bond donors (Lipinski definition) is 0. The van der Waals surface area contributed by atoms with Crippen LogP contribution >= 0.6 is 0 Å². The van der Waals surface area contributed by atoms with Crippen molar-refractivity contribution in [1.82, 2.24) is 24.8 Å². The van der Waals surface area contributed by atoms with Gasteiger partial charge in [-0.15, -0.1) is 10.2 Å². The first-order valence-corrected chi connectivity index (χ1v) is 9.32. The first-order chi connectivity index (χ1) is 14.2. The number of anilines is 1. The van der Waals surface area contributed by atoms with Gasteiger partial charge in [0.15, 0.2) is 5.71 Å². The van der Waals surface area contributed by atoms with Crippen LogP contribution in [0.4, 0.5) is 11.4 Å². The lowest BCUT2D eigenvalue weighted by molar-refractivity contribution is 0.865. The molecule has 1 aliphatic rings. The van der Waals surface area contributed by atoms with Crippen molar-refractivity contribution in [1.29, 1.82) is 5.26 Å². The molecule has 0 N–H and O–H groups in total. The summed E-state index contributed by atoms with van der Waals surface area (Å²) in [7, 11) is 0. The zero-order valence-corrected chi connectivity index (χ0v) is 16.4. The third-order valence-corrected chi connectivity index (χ3v) is 4.72. The number of rotatable bonds is 5. The summed E-state index contributed by atoms with van der Waals surface area (Å²) in [6.45, 7) is 8.12. The van der Waals surface area contributed by atoms with Gasteiger partial charge in [-0.1, -0.05) is 0 Å². The molecule has 0 saturated heterocycles. The highest BCUT2D eigenvalue weighted by molar-refractivity contribution is 6.54. The molecule has 0 spiro atoms. The second-order valence-corrected chi connectivity index (χ2v) is 6.41. The molecule has 0 saturated carbocycles. The Morgan fingerprint density at radius 1 is 1.14 bits per heavy atom. The summed E-state index contributed by atoms with van der Waals surface area (Å²) in [6, 6.07) is 8.18. The van der Waals surface area contributed by atoms with Crippen LogP contribution in [0.15, 0.2) is 46.9 Å². The quantitative estimate of drug-likeness (QED) is 0.668. The summed E-state index contributed by atoms with van der Waals surface area (Å²) in [4.78, 5) is 15.2. The van der Waals surface area contributed by atoms with Crippen LogP contribution in [0.1, 0.15) is 25.2 Å². The van der Waals surface area contributed by atoms with Crippen molar-refractivity contribution in [3.8, 4) is 17.6 Å². The summed E-state index contributed by atoms with van der Waals surface area (Å²) in [6.07, 6.45) is 4.72. The maximum absolute atomic E-state index is 9.56. The Bertz CT molecular complexity index is 1150. The van der Waals surface area contributed by atoms with E-state index in [4.69, 9.17) is 4.99 Å². The molecule has 4 rings (SSSR count). The van der Waals surface area contributed by atoms with Crippen LogP contribution in [0.2, 0.25) is 0 Å². The summed E-state index contributed by atoms with van der Waals surface area (Å²) in [5.74, 6) is 0.828. The van der Waals surface area contributed by atoms with Gasteiger partial charge in [-0.25, -0.2) is 9.98 Å². The minimum Gasteiger partial charge on any atom is -0.372 e. The molecule has 0 aliphatic carbocycles. The Labute approximate surface area is 168 Å². The van der Waals surface area contributed by atoms with Crippen molar-refractivity contribution in [3.63, 3.8) is 0 Å². The second-order valence-electron chi connectivity index (χ2n) is 6.41. The predicted octanol–water partition coefficient (Wildman–Crippen LogP) is 2.75. The van der Waals surface area contributed by atoms with Gasteiger partial charge in [-0.05, 0) is 44.5 Å². The van der Waals surface area contributed by atoms with E-state index in [2.05, 4.69) is 56.1 Å². The topological polar surface area (TPSA) is 108 Å². The first-order valence-electron chi connectivity index (χ1n) is 9.32. The average Bonchev–Trinajstić information content (AvgIpc) is 3.31. The molecule has 0 fully saturated rings. The van der Waals surface area contributed by atoms with Gasteiger partial charge in [0.25, 0.3) is 0 Å². The number of aliphatic imine (C=N–C) groups is 1. The average molecular weight is 385 g/mol. The van der Waals surface area contributed by atoms with Crippen LogP contribution in [0, 0.1) is 18.3 Å². The number of fused-ring (bicyclic) bond motifs is 1. The molecule has 2 aromatic heterocycles. The molecule has 0 atom stereocenters. The Hall–Kier alpha value is -3.93. The molecule has 0 amide bonds. The van der Waals surface area contributed by atoms with Crippen molar-refractivity contribution in [3.05, 3.63) is 48.2 Å². The van der Waals surface area contributed by atoms with Gasteiger partial charge in [0.05, 0.1) is 11.9 Å². The van der Waals surface area contributed by atoms with Crippen LogP contribution < -0.4 is 4.90 Å². The third-order valence-electron chi connectivity index (χ3n) is 4.72.